The van der Waals surface area contributed by atoms with Crippen LogP contribution in [0.2, 0.25) is 0 Å². The van der Waals surface area contributed by atoms with Gasteiger partial charge in [0, 0.05) is 25.0 Å². The first kappa shape index (κ1) is 13.5. The zero-order valence-electron chi connectivity index (χ0n) is 12.1. The Bertz CT molecular complexity index is 466. The van der Waals surface area contributed by atoms with E-state index in [0.717, 1.165) is 44.6 Å². The van der Waals surface area contributed by atoms with Crippen molar-refractivity contribution in [1.82, 2.24) is 25.4 Å². The Morgan fingerprint density at radius 2 is 2.30 bits per heavy atom. The zero-order valence-corrected chi connectivity index (χ0v) is 12.1. The molecule has 3 rings (SSSR count). The number of amides is 1. The van der Waals surface area contributed by atoms with Gasteiger partial charge >= 0.3 is 0 Å². The molecule has 0 aliphatic carbocycles. The van der Waals surface area contributed by atoms with Crippen molar-refractivity contribution in [3.8, 4) is 0 Å². The number of nitrogens with one attached hydrogen (secondary N) is 2. The molecule has 6 nitrogen and oxygen atoms in total. The second kappa shape index (κ2) is 5.91. The number of carbonyl (C=O) groups excluding carboxylic acids is 1. The lowest BCUT2D eigenvalue weighted by Crippen LogP contribution is -2.46. The molecule has 2 unspecified atom stereocenters. The van der Waals surface area contributed by atoms with E-state index in [1.165, 1.54) is 12.8 Å². The fourth-order valence-corrected chi connectivity index (χ4v) is 3.37. The van der Waals surface area contributed by atoms with Crippen LogP contribution in [0.15, 0.2) is 0 Å². The third-order valence-corrected chi connectivity index (χ3v) is 4.33. The first-order chi connectivity index (χ1) is 9.79. The fourth-order valence-electron chi connectivity index (χ4n) is 3.37. The van der Waals surface area contributed by atoms with Gasteiger partial charge in [0.2, 0.25) is 5.82 Å². The van der Waals surface area contributed by atoms with Gasteiger partial charge < -0.3 is 10.2 Å². The number of aromatic amines is 1. The van der Waals surface area contributed by atoms with E-state index < -0.39 is 0 Å². The summed E-state index contributed by atoms with van der Waals surface area (Å²) in [5, 5.41) is 10.5. The average molecular weight is 277 g/mol. The summed E-state index contributed by atoms with van der Waals surface area (Å²) in [6, 6.07) is 0.772. The Kier molecular flexibility index (Phi) is 4.00. The molecule has 2 aliphatic rings. The smallest absolute Gasteiger partial charge is 0.293 e. The van der Waals surface area contributed by atoms with Gasteiger partial charge in [-0.2, -0.15) is 0 Å². The van der Waals surface area contributed by atoms with Gasteiger partial charge in [-0.3, -0.25) is 9.89 Å². The predicted molar refractivity (Wildman–Crippen MR) is 75.5 cm³/mol. The van der Waals surface area contributed by atoms with Crippen LogP contribution in [0, 0.1) is 0 Å². The molecule has 2 atom stereocenters. The van der Waals surface area contributed by atoms with Crippen LogP contribution in [0.1, 0.15) is 55.5 Å². The van der Waals surface area contributed by atoms with Crippen molar-refractivity contribution in [1.29, 1.82) is 0 Å². The predicted octanol–water partition coefficient (Wildman–Crippen LogP) is 1.11. The van der Waals surface area contributed by atoms with Crippen LogP contribution in [0.4, 0.5) is 0 Å². The van der Waals surface area contributed by atoms with Crippen LogP contribution in [0.5, 0.6) is 0 Å². The lowest BCUT2D eigenvalue weighted by molar-refractivity contribution is 0.0699. The average Bonchev–Trinajstić information content (AvgIpc) is 3.19. The van der Waals surface area contributed by atoms with E-state index in [9.17, 15) is 4.79 Å². The Hall–Kier alpha value is -1.43. The quantitative estimate of drug-likeness (QED) is 0.864. The normalized spacial score (nSPS) is 26.4. The van der Waals surface area contributed by atoms with Crippen LogP contribution in [0.3, 0.4) is 0 Å². The van der Waals surface area contributed by atoms with E-state index in [-0.39, 0.29) is 5.91 Å². The number of nitrogens with zero attached hydrogens (tertiary/aromatic N) is 3. The summed E-state index contributed by atoms with van der Waals surface area (Å²) in [4.78, 5) is 18.9. The molecule has 1 aromatic rings. The van der Waals surface area contributed by atoms with E-state index in [0.29, 0.717) is 17.9 Å². The van der Waals surface area contributed by atoms with Gasteiger partial charge in [0.15, 0.2) is 0 Å². The molecule has 1 aromatic heterocycles. The summed E-state index contributed by atoms with van der Waals surface area (Å²) >= 11 is 0. The van der Waals surface area contributed by atoms with Crippen LogP contribution >= 0.6 is 0 Å². The number of likely N-dealkylation sites (tertiary alicyclic amines) is 1. The van der Waals surface area contributed by atoms with Crippen molar-refractivity contribution in [2.24, 2.45) is 0 Å². The molecule has 3 heterocycles. The number of rotatable bonds is 4. The van der Waals surface area contributed by atoms with Crippen molar-refractivity contribution >= 4 is 5.91 Å². The molecule has 0 radical (unpaired) electrons. The molecule has 2 fully saturated rings. The highest BCUT2D eigenvalue weighted by molar-refractivity contribution is 5.90. The number of H-pyrrole nitrogens is 1. The molecule has 2 saturated heterocycles. The van der Waals surface area contributed by atoms with E-state index in [1.54, 1.807) is 0 Å². The molecular formula is C14H23N5O. The molecule has 0 saturated carbocycles. The lowest BCUT2D eigenvalue weighted by atomic mass is 10.0. The molecular weight excluding hydrogens is 254 g/mol. The summed E-state index contributed by atoms with van der Waals surface area (Å²) < 4.78 is 0. The summed E-state index contributed by atoms with van der Waals surface area (Å²) in [5.74, 6) is 1.13. The molecule has 6 heteroatoms. The van der Waals surface area contributed by atoms with Crippen LogP contribution in [0.25, 0.3) is 0 Å². The van der Waals surface area contributed by atoms with Crippen molar-refractivity contribution in [3.63, 3.8) is 0 Å². The van der Waals surface area contributed by atoms with Gasteiger partial charge in [0.25, 0.3) is 5.91 Å². The first-order valence-electron chi connectivity index (χ1n) is 7.75. The highest BCUT2D eigenvalue weighted by Gasteiger charge is 2.37. The van der Waals surface area contributed by atoms with Crippen molar-refractivity contribution in [3.05, 3.63) is 11.6 Å². The number of hydrogen-bond donors (Lipinski definition) is 2. The van der Waals surface area contributed by atoms with Crippen molar-refractivity contribution < 1.29 is 4.79 Å². The maximum absolute atomic E-state index is 12.6. The fraction of sp³-hybridized carbons (Fsp3) is 0.786. The van der Waals surface area contributed by atoms with Crippen molar-refractivity contribution in [2.45, 2.75) is 57.5 Å². The molecule has 110 valence electrons. The molecule has 20 heavy (non-hydrogen) atoms. The maximum Gasteiger partial charge on any atom is 0.293 e. The zero-order chi connectivity index (χ0) is 13.9. The lowest BCUT2D eigenvalue weighted by Gasteiger charge is -2.28. The first-order valence-corrected chi connectivity index (χ1v) is 7.75. The molecule has 2 N–H and O–H groups in total. The van der Waals surface area contributed by atoms with Crippen LogP contribution in [-0.2, 0) is 6.42 Å². The van der Waals surface area contributed by atoms with Gasteiger partial charge in [0.05, 0.1) is 0 Å². The van der Waals surface area contributed by atoms with Crippen molar-refractivity contribution in [2.75, 3.05) is 13.1 Å². The third-order valence-electron chi connectivity index (χ3n) is 4.33. The molecule has 2 aliphatic heterocycles. The Labute approximate surface area is 119 Å². The van der Waals surface area contributed by atoms with Gasteiger partial charge in [-0.05, 0) is 38.6 Å². The van der Waals surface area contributed by atoms with Gasteiger partial charge in [-0.15, -0.1) is 5.10 Å². The summed E-state index contributed by atoms with van der Waals surface area (Å²) in [7, 11) is 0. The Balaban J connectivity index is 1.71. The number of carbonyl (C=O) groups is 1. The second-order valence-electron chi connectivity index (χ2n) is 5.77. The molecule has 0 bridgehead atoms. The summed E-state index contributed by atoms with van der Waals surface area (Å²) in [6.45, 7) is 4.00. The van der Waals surface area contributed by atoms with Gasteiger partial charge in [-0.1, -0.05) is 6.92 Å². The Morgan fingerprint density at radius 1 is 1.40 bits per heavy atom. The SMILES string of the molecule is CCCc1nc(C(=O)N2CCCC2C2CCCN2)n[nH]1. The number of hydrogen-bond acceptors (Lipinski definition) is 4. The molecule has 0 spiro atoms. The minimum atomic E-state index is -0.0141. The number of aryl methyl sites for hydroxylation is 1. The monoisotopic (exact) mass is 277 g/mol. The van der Waals surface area contributed by atoms with E-state index in [4.69, 9.17) is 0 Å². The van der Waals surface area contributed by atoms with Crippen LogP contribution < -0.4 is 5.32 Å². The highest BCUT2D eigenvalue weighted by atomic mass is 16.2. The molecule has 0 aromatic carbocycles. The third kappa shape index (κ3) is 2.57. The van der Waals surface area contributed by atoms with E-state index in [2.05, 4.69) is 27.4 Å². The standard InChI is InChI=1S/C14H23N5O/c1-2-5-12-16-13(18-17-12)14(20)19-9-4-7-11(19)10-6-3-8-15-10/h10-11,15H,2-9H2,1H3,(H,16,17,18). The summed E-state index contributed by atoms with van der Waals surface area (Å²) in [6.07, 6.45) is 6.40. The molecule has 1 amide bonds. The largest absolute Gasteiger partial charge is 0.331 e. The van der Waals surface area contributed by atoms with Crippen LogP contribution in [-0.4, -0.2) is 51.2 Å². The number of aromatic nitrogens is 3. The Morgan fingerprint density at radius 3 is 3.05 bits per heavy atom. The van der Waals surface area contributed by atoms with Gasteiger partial charge in [-0.25, -0.2) is 4.98 Å². The minimum Gasteiger partial charge on any atom is -0.331 e. The van der Waals surface area contributed by atoms with E-state index in [1.807, 2.05) is 4.90 Å². The van der Waals surface area contributed by atoms with Gasteiger partial charge in [0.1, 0.15) is 5.82 Å². The highest BCUT2D eigenvalue weighted by Crippen LogP contribution is 2.25. The van der Waals surface area contributed by atoms with E-state index >= 15 is 0 Å². The topological polar surface area (TPSA) is 73.9 Å². The summed E-state index contributed by atoms with van der Waals surface area (Å²) in [5.41, 5.74) is 0. The second-order valence-corrected chi connectivity index (χ2v) is 5.77. The minimum absolute atomic E-state index is 0.0141. The maximum atomic E-state index is 12.6.